The lowest BCUT2D eigenvalue weighted by atomic mass is 9.95. The number of anilines is 1. The molecule has 9 heteroatoms. The quantitative estimate of drug-likeness (QED) is 0.434. The van der Waals surface area contributed by atoms with Crippen LogP contribution < -0.4 is 19.7 Å². The summed E-state index contributed by atoms with van der Waals surface area (Å²) in [5, 5.41) is 5.06. The Morgan fingerprint density at radius 1 is 1.00 bits per heavy atom. The van der Waals surface area contributed by atoms with Crippen molar-refractivity contribution in [1.29, 1.82) is 0 Å². The molecule has 2 atom stereocenters. The van der Waals surface area contributed by atoms with Gasteiger partial charge in [0, 0.05) is 16.6 Å². The van der Waals surface area contributed by atoms with Gasteiger partial charge >= 0.3 is 5.97 Å². The molecule has 2 heterocycles. The number of carbonyl (C=O) groups is 3. The maximum Gasteiger partial charge on any atom is 0.337 e. The maximum absolute atomic E-state index is 14.2. The fourth-order valence-electron chi connectivity index (χ4n) is 4.95. The van der Waals surface area contributed by atoms with Gasteiger partial charge in [-0.3, -0.25) is 14.5 Å². The zero-order chi connectivity index (χ0) is 26.5. The highest BCUT2D eigenvalue weighted by atomic mass is 32.1. The molecule has 2 unspecified atom stereocenters. The lowest BCUT2D eigenvalue weighted by molar-refractivity contribution is -0.132. The van der Waals surface area contributed by atoms with Gasteiger partial charge < -0.3 is 19.5 Å². The Morgan fingerprint density at radius 3 is 2.53 bits per heavy atom. The van der Waals surface area contributed by atoms with Crippen molar-refractivity contribution < 1.29 is 28.6 Å². The highest BCUT2D eigenvalue weighted by Gasteiger charge is 2.40. The van der Waals surface area contributed by atoms with Crippen LogP contribution in [0.25, 0.3) is 0 Å². The predicted molar refractivity (Wildman–Crippen MR) is 144 cm³/mol. The Bertz CT molecular complexity index is 1290. The minimum atomic E-state index is -0.989. The van der Waals surface area contributed by atoms with Gasteiger partial charge in [0.05, 0.1) is 12.7 Å². The number of para-hydroxylation sites is 2. The number of ether oxygens (including phenoxy) is 3. The van der Waals surface area contributed by atoms with Crippen LogP contribution in [0, 0.1) is 0 Å². The largest absolute Gasteiger partial charge is 0.485 e. The monoisotopic (exact) mass is 534 g/mol. The summed E-state index contributed by atoms with van der Waals surface area (Å²) >= 11 is 1.39. The van der Waals surface area contributed by atoms with Crippen molar-refractivity contribution in [3.05, 3.63) is 76.5 Å². The van der Waals surface area contributed by atoms with Gasteiger partial charge in [0.2, 0.25) is 12.0 Å². The van der Waals surface area contributed by atoms with E-state index in [1.165, 1.54) is 23.3 Å². The second-order valence-electron chi connectivity index (χ2n) is 9.38. The van der Waals surface area contributed by atoms with Gasteiger partial charge in [0.15, 0.2) is 11.5 Å². The van der Waals surface area contributed by atoms with Gasteiger partial charge in [-0.15, -0.1) is 11.3 Å². The molecule has 0 saturated heterocycles. The van der Waals surface area contributed by atoms with E-state index in [0.29, 0.717) is 22.1 Å². The number of methoxy groups -OCH3 is 1. The zero-order valence-corrected chi connectivity index (χ0v) is 21.9. The number of hydrogen-bond acceptors (Lipinski definition) is 7. The molecule has 198 valence electrons. The summed E-state index contributed by atoms with van der Waals surface area (Å²) in [5.41, 5.74) is 0.657. The smallest absolute Gasteiger partial charge is 0.337 e. The molecule has 5 rings (SSSR count). The highest BCUT2D eigenvalue weighted by Crippen LogP contribution is 2.36. The molecule has 3 aromatic rings. The number of esters is 1. The molecule has 1 aromatic heterocycles. The van der Waals surface area contributed by atoms with Crippen LogP contribution in [-0.2, 0) is 14.3 Å². The van der Waals surface area contributed by atoms with E-state index in [2.05, 4.69) is 5.32 Å². The van der Waals surface area contributed by atoms with Crippen molar-refractivity contribution in [2.45, 2.75) is 50.3 Å². The molecule has 0 bridgehead atoms. The zero-order valence-electron chi connectivity index (χ0n) is 21.1. The van der Waals surface area contributed by atoms with Crippen LogP contribution in [0.2, 0.25) is 0 Å². The summed E-state index contributed by atoms with van der Waals surface area (Å²) in [6.45, 7) is -0.00948. The SMILES string of the molecule is COC(=O)c1cccc(N(C(=O)C2COc3ccccc3O2)C(C(=O)NC2CCCCC2)c2cccs2)c1. The van der Waals surface area contributed by atoms with Crippen LogP contribution in [-0.4, -0.2) is 43.6 Å². The Kier molecular flexibility index (Phi) is 7.93. The molecule has 2 aliphatic rings. The molecule has 1 saturated carbocycles. The molecule has 0 spiro atoms. The number of nitrogens with one attached hydrogen (secondary N) is 1. The summed E-state index contributed by atoms with van der Waals surface area (Å²) in [7, 11) is 1.30. The van der Waals surface area contributed by atoms with E-state index in [1.54, 1.807) is 42.5 Å². The first-order valence-electron chi connectivity index (χ1n) is 12.8. The first-order valence-corrected chi connectivity index (χ1v) is 13.7. The summed E-state index contributed by atoms with van der Waals surface area (Å²) in [6.07, 6.45) is 4.11. The number of amides is 2. The van der Waals surface area contributed by atoms with Gasteiger partial charge in [0.25, 0.3) is 5.91 Å². The van der Waals surface area contributed by atoms with Crippen molar-refractivity contribution in [3.63, 3.8) is 0 Å². The highest BCUT2D eigenvalue weighted by molar-refractivity contribution is 7.10. The van der Waals surface area contributed by atoms with Crippen LogP contribution in [0.3, 0.4) is 0 Å². The molecule has 2 aromatic carbocycles. The van der Waals surface area contributed by atoms with Gasteiger partial charge in [-0.2, -0.15) is 0 Å². The molecule has 1 aliphatic carbocycles. The van der Waals surface area contributed by atoms with E-state index in [1.807, 2.05) is 23.6 Å². The number of nitrogens with zero attached hydrogens (tertiary/aromatic N) is 1. The molecular weight excluding hydrogens is 504 g/mol. The lowest BCUT2D eigenvalue weighted by Gasteiger charge is -2.36. The topological polar surface area (TPSA) is 94.2 Å². The second-order valence-corrected chi connectivity index (χ2v) is 10.4. The molecule has 1 aliphatic heterocycles. The van der Waals surface area contributed by atoms with Gasteiger partial charge in [-0.25, -0.2) is 4.79 Å². The van der Waals surface area contributed by atoms with E-state index in [4.69, 9.17) is 14.2 Å². The van der Waals surface area contributed by atoms with Crippen molar-refractivity contribution in [1.82, 2.24) is 5.32 Å². The number of hydrogen-bond donors (Lipinski definition) is 1. The number of benzene rings is 2. The predicted octanol–water partition coefficient (Wildman–Crippen LogP) is 4.90. The summed E-state index contributed by atoms with van der Waals surface area (Å²) in [5.74, 6) is -0.239. The normalized spacial score (nSPS) is 17.8. The number of carbonyl (C=O) groups excluding carboxylic acids is 3. The Morgan fingerprint density at radius 2 is 1.79 bits per heavy atom. The summed E-state index contributed by atoms with van der Waals surface area (Å²) < 4.78 is 16.8. The van der Waals surface area contributed by atoms with Gasteiger partial charge in [-0.1, -0.05) is 43.5 Å². The number of rotatable bonds is 7. The van der Waals surface area contributed by atoms with Crippen LogP contribution in [0.15, 0.2) is 66.0 Å². The maximum atomic E-state index is 14.2. The van der Waals surface area contributed by atoms with Crippen molar-refractivity contribution in [3.8, 4) is 11.5 Å². The molecule has 0 radical (unpaired) electrons. The van der Waals surface area contributed by atoms with Crippen molar-refractivity contribution >= 4 is 34.8 Å². The molecular formula is C29H30N2O6S. The number of fused-ring (bicyclic) bond motifs is 1. The lowest BCUT2D eigenvalue weighted by Crippen LogP contribution is -2.52. The van der Waals surface area contributed by atoms with Crippen LogP contribution >= 0.6 is 11.3 Å². The number of thiophene rings is 1. The van der Waals surface area contributed by atoms with E-state index >= 15 is 0 Å². The Hall–Kier alpha value is -3.85. The third-order valence-corrected chi connectivity index (χ3v) is 7.76. The minimum absolute atomic E-state index is 0.00948. The first kappa shape index (κ1) is 25.8. The second kappa shape index (κ2) is 11.7. The van der Waals surface area contributed by atoms with Crippen molar-refractivity contribution in [2.24, 2.45) is 0 Å². The Balaban J connectivity index is 1.54. The van der Waals surface area contributed by atoms with Gasteiger partial charge in [0.1, 0.15) is 12.6 Å². The first-order chi connectivity index (χ1) is 18.5. The molecule has 1 fully saturated rings. The van der Waals surface area contributed by atoms with Crippen LogP contribution in [0.1, 0.15) is 53.4 Å². The van der Waals surface area contributed by atoms with Crippen molar-refractivity contribution in [2.75, 3.05) is 18.6 Å². The third kappa shape index (κ3) is 5.52. The summed E-state index contributed by atoms with van der Waals surface area (Å²) in [4.78, 5) is 42.6. The molecule has 38 heavy (non-hydrogen) atoms. The third-order valence-electron chi connectivity index (χ3n) is 6.84. The van der Waals surface area contributed by atoms with Crippen LogP contribution in [0.4, 0.5) is 5.69 Å². The summed E-state index contributed by atoms with van der Waals surface area (Å²) in [6, 6.07) is 16.5. The van der Waals surface area contributed by atoms with E-state index in [9.17, 15) is 14.4 Å². The molecule has 8 nitrogen and oxygen atoms in total. The fourth-order valence-corrected chi connectivity index (χ4v) is 5.76. The van der Waals surface area contributed by atoms with E-state index in [0.717, 1.165) is 32.1 Å². The fraction of sp³-hybridized carbons (Fsp3) is 0.345. The van der Waals surface area contributed by atoms with Gasteiger partial charge in [-0.05, 0) is 54.6 Å². The average molecular weight is 535 g/mol. The van der Waals surface area contributed by atoms with E-state index < -0.39 is 24.0 Å². The van der Waals surface area contributed by atoms with E-state index in [-0.39, 0.29) is 24.1 Å². The average Bonchev–Trinajstić information content (AvgIpc) is 3.49. The standard InChI is InChI=1S/C29H30N2O6S/c1-35-29(34)19-9-7-12-21(17-19)31(28(33)24-18-36-22-13-5-6-14-23(22)37-24)26(25-15-8-16-38-25)27(32)30-20-10-3-2-4-11-20/h5-9,12-17,20,24,26H,2-4,10-11,18H2,1H3,(H,30,32). The molecule has 2 amide bonds. The minimum Gasteiger partial charge on any atom is -0.485 e. The Labute approximate surface area is 225 Å². The van der Waals surface area contributed by atoms with Crippen LogP contribution in [0.5, 0.6) is 11.5 Å². The molecule has 1 N–H and O–H groups in total.